The van der Waals surface area contributed by atoms with E-state index in [-0.39, 0.29) is 5.41 Å². The molecule has 1 atom stereocenters. The van der Waals surface area contributed by atoms with Crippen molar-refractivity contribution in [1.29, 1.82) is 0 Å². The van der Waals surface area contributed by atoms with E-state index in [4.69, 9.17) is 4.98 Å². The Bertz CT molecular complexity index is 390. The molecule has 1 heterocycles. The first-order chi connectivity index (χ1) is 9.84. The lowest BCUT2D eigenvalue weighted by Gasteiger charge is -2.20. The highest BCUT2D eigenvalue weighted by atomic mass is 32.1. The van der Waals surface area contributed by atoms with Crippen LogP contribution in [0.2, 0.25) is 0 Å². The Balaban J connectivity index is 2.62. The molecule has 0 saturated heterocycles. The van der Waals surface area contributed by atoms with Gasteiger partial charge < -0.3 is 5.32 Å². The molecule has 1 aromatic heterocycles. The fourth-order valence-electron chi connectivity index (χ4n) is 2.42. The Labute approximate surface area is 135 Å². The number of rotatable bonds is 9. The van der Waals surface area contributed by atoms with Gasteiger partial charge in [-0.1, -0.05) is 73.6 Å². The Morgan fingerprint density at radius 1 is 1.14 bits per heavy atom. The first-order valence-electron chi connectivity index (χ1n) is 8.56. The Morgan fingerprint density at radius 2 is 1.81 bits per heavy atom. The monoisotopic (exact) mass is 310 g/mol. The summed E-state index contributed by atoms with van der Waals surface area (Å²) in [5.41, 5.74) is 1.38. The smallest absolute Gasteiger partial charge is 0.110 e. The number of hydrogen-bond donors (Lipinski definition) is 1. The van der Waals surface area contributed by atoms with Gasteiger partial charge in [0.1, 0.15) is 5.01 Å². The van der Waals surface area contributed by atoms with Crippen LogP contribution in [0, 0.1) is 0 Å². The molecule has 0 saturated carbocycles. The van der Waals surface area contributed by atoms with Crippen LogP contribution in [-0.4, -0.2) is 11.0 Å². The van der Waals surface area contributed by atoms with Crippen molar-refractivity contribution in [2.45, 2.75) is 97.6 Å². The van der Waals surface area contributed by atoms with Crippen molar-refractivity contribution in [1.82, 2.24) is 10.3 Å². The normalized spacial score (nSPS) is 13.9. The van der Waals surface area contributed by atoms with Crippen molar-refractivity contribution in [3.63, 3.8) is 0 Å². The first-order valence-corrected chi connectivity index (χ1v) is 9.44. The Hall–Kier alpha value is -0.410. The van der Waals surface area contributed by atoms with Crippen LogP contribution < -0.4 is 5.32 Å². The third kappa shape index (κ3) is 6.92. The predicted octanol–water partition coefficient (Wildman–Crippen LogP) is 5.84. The number of aromatic nitrogens is 1. The first kappa shape index (κ1) is 18.6. The molecule has 0 fully saturated rings. The van der Waals surface area contributed by atoms with E-state index in [0.29, 0.717) is 12.1 Å². The van der Waals surface area contributed by atoms with Gasteiger partial charge in [0.2, 0.25) is 0 Å². The maximum atomic E-state index is 4.91. The highest BCUT2D eigenvalue weighted by Crippen LogP contribution is 2.29. The second-order valence-electron chi connectivity index (χ2n) is 7.40. The van der Waals surface area contributed by atoms with Crippen molar-refractivity contribution in [3.8, 4) is 0 Å². The third-order valence-electron chi connectivity index (χ3n) is 3.72. The second-order valence-corrected chi connectivity index (χ2v) is 8.29. The van der Waals surface area contributed by atoms with Crippen LogP contribution >= 0.6 is 11.3 Å². The minimum Gasteiger partial charge on any atom is -0.306 e. The molecular formula is C18H34N2S. The lowest BCUT2D eigenvalue weighted by atomic mass is 9.93. The standard InChI is InChI=1S/C18H34N2S/c1-7-8-9-10-11-12-15(19-14(2)3)17-20-16(13-21-17)18(4,5)6/h13-15,19H,7-12H2,1-6H3. The van der Waals surface area contributed by atoms with Crippen molar-refractivity contribution in [2.24, 2.45) is 0 Å². The number of hydrogen-bond acceptors (Lipinski definition) is 3. The zero-order chi connectivity index (χ0) is 15.9. The van der Waals surface area contributed by atoms with Crippen LogP contribution in [0.15, 0.2) is 5.38 Å². The molecule has 21 heavy (non-hydrogen) atoms. The Kier molecular flexibility index (Phi) is 7.89. The molecule has 1 N–H and O–H groups in total. The minimum absolute atomic E-state index is 0.151. The lowest BCUT2D eigenvalue weighted by Crippen LogP contribution is -2.28. The summed E-state index contributed by atoms with van der Waals surface area (Å²) in [6.45, 7) is 13.4. The molecule has 0 aliphatic carbocycles. The minimum atomic E-state index is 0.151. The summed E-state index contributed by atoms with van der Waals surface area (Å²) < 4.78 is 0. The Morgan fingerprint density at radius 3 is 2.33 bits per heavy atom. The number of unbranched alkanes of at least 4 members (excludes halogenated alkanes) is 4. The maximum absolute atomic E-state index is 4.91. The molecule has 0 amide bonds. The highest BCUT2D eigenvalue weighted by Gasteiger charge is 2.21. The van der Waals surface area contributed by atoms with Crippen molar-refractivity contribution in [2.75, 3.05) is 0 Å². The largest absolute Gasteiger partial charge is 0.306 e. The summed E-state index contributed by atoms with van der Waals surface area (Å²) in [6.07, 6.45) is 7.91. The van der Waals surface area contributed by atoms with Gasteiger partial charge >= 0.3 is 0 Å². The van der Waals surface area contributed by atoms with E-state index >= 15 is 0 Å². The van der Waals surface area contributed by atoms with E-state index < -0.39 is 0 Å². The van der Waals surface area contributed by atoms with Gasteiger partial charge in [-0.05, 0) is 6.42 Å². The van der Waals surface area contributed by atoms with Gasteiger partial charge in [-0.25, -0.2) is 4.98 Å². The van der Waals surface area contributed by atoms with Crippen molar-refractivity contribution < 1.29 is 0 Å². The van der Waals surface area contributed by atoms with Gasteiger partial charge in [-0.3, -0.25) is 0 Å². The predicted molar refractivity (Wildman–Crippen MR) is 95.2 cm³/mol. The van der Waals surface area contributed by atoms with Crippen LogP contribution in [0.3, 0.4) is 0 Å². The van der Waals surface area contributed by atoms with Gasteiger partial charge in [0.05, 0.1) is 11.7 Å². The molecule has 0 aromatic carbocycles. The van der Waals surface area contributed by atoms with E-state index in [9.17, 15) is 0 Å². The van der Waals surface area contributed by atoms with E-state index in [2.05, 4.69) is 52.2 Å². The number of nitrogens with one attached hydrogen (secondary N) is 1. The molecular weight excluding hydrogens is 276 g/mol. The highest BCUT2D eigenvalue weighted by molar-refractivity contribution is 7.09. The average molecular weight is 311 g/mol. The molecule has 1 rings (SSSR count). The van der Waals surface area contributed by atoms with Gasteiger partial charge in [0.15, 0.2) is 0 Å². The summed E-state index contributed by atoms with van der Waals surface area (Å²) in [7, 11) is 0. The van der Waals surface area contributed by atoms with Crippen molar-refractivity contribution in [3.05, 3.63) is 16.1 Å². The fourth-order valence-corrected chi connectivity index (χ4v) is 3.56. The zero-order valence-electron chi connectivity index (χ0n) is 14.8. The second kappa shape index (κ2) is 8.89. The summed E-state index contributed by atoms with van der Waals surface area (Å²) in [5, 5.41) is 7.20. The van der Waals surface area contributed by atoms with E-state index in [1.165, 1.54) is 49.2 Å². The molecule has 0 spiro atoms. The van der Waals surface area contributed by atoms with Gasteiger partial charge in [-0.2, -0.15) is 0 Å². The van der Waals surface area contributed by atoms with Gasteiger partial charge in [0.25, 0.3) is 0 Å². The molecule has 1 unspecified atom stereocenters. The molecule has 0 aliphatic rings. The van der Waals surface area contributed by atoms with Crippen LogP contribution in [0.25, 0.3) is 0 Å². The van der Waals surface area contributed by atoms with E-state index in [1.54, 1.807) is 0 Å². The summed E-state index contributed by atoms with van der Waals surface area (Å²) in [5.74, 6) is 0. The SMILES string of the molecule is CCCCCCCC(NC(C)C)c1nc(C(C)(C)C)cs1. The quantitative estimate of drug-likeness (QED) is 0.579. The van der Waals surface area contributed by atoms with Crippen LogP contribution in [0.1, 0.15) is 96.8 Å². The van der Waals surface area contributed by atoms with Crippen molar-refractivity contribution >= 4 is 11.3 Å². The molecule has 0 aliphatic heterocycles. The molecule has 1 aromatic rings. The van der Waals surface area contributed by atoms with E-state index in [0.717, 1.165) is 0 Å². The molecule has 0 radical (unpaired) electrons. The van der Waals surface area contributed by atoms with Gasteiger partial charge in [-0.15, -0.1) is 11.3 Å². The summed E-state index contributed by atoms with van der Waals surface area (Å²) in [6, 6.07) is 0.931. The van der Waals surface area contributed by atoms with Gasteiger partial charge in [0, 0.05) is 16.8 Å². The molecule has 122 valence electrons. The maximum Gasteiger partial charge on any atom is 0.110 e. The summed E-state index contributed by atoms with van der Waals surface area (Å²) >= 11 is 1.82. The van der Waals surface area contributed by atoms with E-state index in [1.807, 2.05) is 11.3 Å². The average Bonchev–Trinajstić information content (AvgIpc) is 2.86. The molecule has 3 heteroatoms. The van der Waals surface area contributed by atoms with Crippen LogP contribution in [0.4, 0.5) is 0 Å². The van der Waals surface area contributed by atoms with Crippen LogP contribution in [0.5, 0.6) is 0 Å². The molecule has 2 nitrogen and oxygen atoms in total. The zero-order valence-corrected chi connectivity index (χ0v) is 15.6. The molecule has 0 bridgehead atoms. The topological polar surface area (TPSA) is 24.9 Å². The third-order valence-corrected chi connectivity index (χ3v) is 4.68. The fraction of sp³-hybridized carbons (Fsp3) is 0.833. The van der Waals surface area contributed by atoms with Crippen LogP contribution in [-0.2, 0) is 5.41 Å². The number of nitrogens with zero attached hydrogens (tertiary/aromatic N) is 1. The lowest BCUT2D eigenvalue weighted by molar-refractivity contribution is 0.428. The summed E-state index contributed by atoms with van der Waals surface area (Å²) in [4.78, 5) is 4.91. The number of thiazole rings is 1.